The molecule has 0 saturated carbocycles. The number of aryl methyl sites for hydroxylation is 8. The van der Waals surface area contributed by atoms with E-state index in [-0.39, 0.29) is 10.8 Å². The first-order valence-electron chi connectivity index (χ1n) is 30.5. The predicted octanol–water partition coefficient (Wildman–Crippen LogP) is 23.9. The molecule has 0 N–H and O–H groups in total. The third kappa shape index (κ3) is 19.4. The third-order valence-corrected chi connectivity index (χ3v) is 15.2. The van der Waals surface area contributed by atoms with Crippen molar-refractivity contribution in [2.75, 3.05) is 0 Å². The maximum atomic E-state index is 5.93. The average molecular weight is 1120 g/mol. The highest BCUT2D eigenvalue weighted by Crippen LogP contribution is 2.52. The minimum Gasteiger partial charge on any atom is -0.457 e. The van der Waals surface area contributed by atoms with Gasteiger partial charge in [-0.25, -0.2) is 0 Å². The summed E-state index contributed by atoms with van der Waals surface area (Å²) in [4.78, 5) is 0. The van der Waals surface area contributed by atoms with Gasteiger partial charge in [-0.2, -0.15) is 0 Å². The zero-order chi connectivity index (χ0) is 61.4. The molecule has 2 heteroatoms. The van der Waals surface area contributed by atoms with E-state index in [2.05, 4.69) is 258 Å². The van der Waals surface area contributed by atoms with Crippen LogP contribution in [0.1, 0.15) is 127 Å². The topological polar surface area (TPSA) is 18.5 Å². The van der Waals surface area contributed by atoms with E-state index in [9.17, 15) is 0 Å². The van der Waals surface area contributed by atoms with Crippen molar-refractivity contribution in [2.45, 2.75) is 128 Å². The highest BCUT2D eigenvalue weighted by atomic mass is 16.5. The third-order valence-electron chi connectivity index (χ3n) is 15.2. The van der Waals surface area contributed by atoms with Gasteiger partial charge in [0.2, 0.25) is 0 Å². The molecule has 0 aliphatic heterocycles. The molecule has 1 atom stereocenters. The molecular formula is C83H92O2. The highest BCUT2D eigenvalue weighted by Gasteiger charge is 2.45. The molecule has 0 aromatic heterocycles. The lowest BCUT2D eigenvalue weighted by atomic mass is 9.75. The Morgan fingerprint density at radius 1 is 0.306 bits per heavy atom. The lowest BCUT2D eigenvalue weighted by molar-refractivity contribution is 0.425. The minimum atomic E-state index is 0.147. The number of benzene rings is 11. The van der Waals surface area contributed by atoms with Crippen molar-refractivity contribution in [3.05, 3.63) is 333 Å². The molecule has 1 aliphatic rings. The van der Waals surface area contributed by atoms with Gasteiger partial charge in [0.1, 0.15) is 23.0 Å². The first-order valence-corrected chi connectivity index (χ1v) is 30.5. The van der Waals surface area contributed by atoms with E-state index in [0.29, 0.717) is 0 Å². The molecule has 2 nitrogen and oxygen atoms in total. The minimum absolute atomic E-state index is 0.147. The van der Waals surface area contributed by atoms with Crippen molar-refractivity contribution < 1.29 is 9.47 Å². The molecule has 85 heavy (non-hydrogen) atoms. The highest BCUT2D eigenvalue weighted by molar-refractivity contribution is 5.88. The second-order valence-corrected chi connectivity index (χ2v) is 22.7. The van der Waals surface area contributed by atoms with E-state index < -0.39 is 0 Å². The van der Waals surface area contributed by atoms with Gasteiger partial charge in [0.05, 0.1) is 0 Å². The van der Waals surface area contributed by atoms with Crippen molar-refractivity contribution >= 4 is 10.8 Å². The number of hydrogen-bond acceptors (Lipinski definition) is 2. The zero-order valence-electron chi connectivity index (χ0n) is 53.6. The van der Waals surface area contributed by atoms with Gasteiger partial charge in [0.25, 0.3) is 0 Å². The molecule has 0 fully saturated rings. The van der Waals surface area contributed by atoms with Gasteiger partial charge in [-0.05, 0) is 194 Å². The monoisotopic (exact) mass is 1120 g/mol. The van der Waals surface area contributed by atoms with Crippen LogP contribution in [0.4, 0.5) is 0 Å². The quantitative estimate of drug-likeness (QED) is 0.151. The summed E-state index contributed by atoms with van der Waals surface area (Å²) < 4.78 is 11.9. The number of rotatable bonds is 8. The fourth-order valence-corrected chi connectivity index (χ4v) is 10.7. The average Bonchev–Trinajstić information content (AvgIpc) is 3.81. The molecule has 0 heterocycles. The van der Waals surface area contributed by atoms with Gasteiger partial charge >= 0.3 is 0 Å². The number of hydrogen-bond donors (Lipinski definition) is 0. The van der Waals surface area contributed by atoms with Crippen LogP contribution in [-0.2, 0) is 17.3 Å². The molecule has 436 valence electrons. The summed E-state index contributed by atoms with van der Waals surface area (Å²) in [6.07, 6.45) is 2.21. The molecule has 0 spiro atoms. The van der Waals surface area contributed by atoms with Gasteiger partial charge < -0.3 is 9.47 Å². The molecule has 0 bridgehead atoms. The molecule has 11 aromatic carbocycles. The molecule has 11 aromatic rings. The summed E-state index contributed by atoms with van der Waals surface area (Å²) in [6.45, 7) is 32.0. The lowest BCUT2D eigenvalue weighted by Gasteiger charge is -2.28. The van der Waals surface area contributed by atoms with Crippen LogP contribution in [0.25, 0.3) is 21.9 Å². The van der Waals surface area contributed by atoms with Crippen molar-refractivity contribution in [3.8, 4) is 34.1 Å². The summed E-state index contributed by atoms with van der Waals surface area (Å²) in [6, 6.07) is 91.0. The molecule has 1 unspecified atom stereocenters. The molecular weight excluding hydrogens is 1030 g/mol. The molecule has 1 aliphatic carbocycles. The van der Waals surface area contributed by atoms with Crippen LogP contribution in [0.3, 0.4) is 0 Å². The van der Waals surface area contributed by atoms with E-state index in [4.69, 9.17) is 9.47 Å². The van der Waals surface area contributed by atoms with Crippen molar-refractivity contribution in [2.24, 2.45) is 0 Å². The Morgan fingerprint density at radius 2 is 0.659 bits per heavy atom. The fraction of sp³-hybridized carbons (Fsp3) is 0.229. The lowest BCUT2D eigenvalue weighted by Crippen LogP contribution is -2.23. The van der Waals surface area contributed by atoms with Gasteiger partial charge in [0, 0.05) is 5.41 Å². The normalized spacial score (nSPS) is 13.0. The van der Waals surface area contributed by atoms with E-state index in [0.717, 1.165) is 40.5 Å². The Kier molecular flexibility index (Phi) is 24.9. The SMILES string of the molecule is CC.CC.Cc1ccc(C2(C)CC(C)(C)c3ccccc32)cc1.Cc1ccc(Cc2ccc(C)cc2)cc1.Cc1cccc(Oc2ccc(-c3ccc(Oc4cccc(C)c4)cc3)cc2)c1.Cc1cccc2c(C)cccc12.Cc1ccccc1. The van der Waals surface area contributed by atoms with Crippen LogP contribution in [0.5, 0.6) is 23.0 Å². The Bertz CT molecular complexity index is 3550. The molecule has 0 amide bonds. The van der Waals surface area contributed by atoms with Crippen LogP contribution < -0.4 is 9.47 Å². The Labute approximate surface area is 512 Å². The largest absolute Gasteiger partial charge is 0.457 e. The Balaban J connectivity index is 0.000000178. The van der Waals surface area contributed by atoms with E-state index in [1.165, 1.54) is 89.5 Å². The summed E-state index contributed by atoms with van der Waals surface area (Å²) in [7, 11) is 0. The molecule has 12 rings (SSSR count). The summed E-state index contributed by atoms with van der Waals surface area (Å²) >= 11 is 0. The van der Waals surface area contributed by atoms with E-state index in [1.54, 1.807) is 0 Å². The summed E-state index contributed by atoms with van der Waals surface area (Å²) in [5.41, 5.74) is 20.3. The van der Waals surface area contributed by atoms with Crippen molar-refractivity contribution in [3.63, 3.8) is 0 Å². The van der Waals surface area contributed by atoms with Crippen molar-refractivity contribution in [1.29, 1.82) is 0 Å². The first kappa shape index (κ1) is 65.4. The summed E-state index contributed by atoms with van der Waals surface area (Å²) in [5.74, 6) is 3.36. The molecule has 0 saturated heterocycles. The Hall–Kier alpha value is -8.72. The maximum absolute atomic E-state index is 5.93. The van der Waals surface area contributed by atoms with Gasteiger partial charge in [0.15, 0.2) is 0 Å². The summed E-state index contributed by atoms with van der Waals surface area (Å²) in [5, 5.41) is 2.75. The van der Waals surface area contributed by atoms with Gasteiger partial charge in [-0.3, -0.25) is 0 Å². The van der Waals surface area contributed by atoms with Crippen molar-refractivity contribution in [1.82, 2.24) is 0 Å². The predicted molar refractivity (Wildman–Crippen MR) is 369 cm³/mol. The first-order chi connectivity index (χ1) is 41.0. The fourth-order valence-electron chi connectivity index (χ4n) is 10.7. The number of ether oxygens (including phenoxy) is 2. The van der Waals surface area contributed by atoms with Gasteiger partial charge in [-0.1, -0.05) is 283 Å². The number of fused-ring (bicyclic) bond motifs is 2. The van der Waals surface area contributed by atoms with Crippen LogP contribution in [0, 0.1) is 55.4 Å². The standard InChI is InChI=1S/C26H22O2.C19H22.C15H16.C12H12.C7H8.2C2H6/c1-19-5-3-7-25(17-19)27-23-13-9-21(10-14-23)22-11-15-24(16-12-22)28-26-8-4-6-20(2)18-26;1-14-9-11-15(12-10-14)19(4)13-18(2,3)16-7-5-6-8-17(16)19;1-12-3-7-14(8-4-12)11-15-9-5-13(2)6-10-15;1-9-5-3-8-12-10(2)6-4-7-11(9)12;1-7-5-3-2-4-6-7;2*1-2/h3-18H,1-2H3;5-12H,13H2,1-4H3;3-10H,11H2,1-2H3;3-8H,1-2H3;2-6H,1H3;2*1-2H3. The van der Waals surface area contributed by atoms with Crippen LogP contribution in [-0.4, -0.2) is 0 Å². The maximum Gasteiger partial charge on any atom is 0.127 e. The van der Waals surface area contributed by atoms with Crippen LogP contribution in [0.2, 0.25) is 0 Å². The van der Waals surface area contributed by atoms with Gasteiger partial charge in [-0.15, -0.1) is 0 Å². The van der Waals surface area contributed by atoms with Crippen LogP contribution >= 0.6 is 0 Å². The second-order valence-electron chi connectivity index (χ2n) is 22.7. The second kappa shape index (κ2) is 32.4. The Morgan fingerprint density at radius 3 is 1.05 bits per heavy atom. The smallest absolute Gasteiger partial charge is 0.127 e. The van der Waals surface area contributed by atoms with E-state index in [1.807, 2.05) is 107 Å². The zero-order valence-corrected chi connectivity index (χ0v) is 53.6. The van der Waals surface area contributed by atoms with Crippen LogP contribution in [0.15, 0.2) is 261 Å². The van der Waals surface area contributed by atoms with E-state index >= 15 is 0 Å². The molecule has 0 radical (unpaired) electrons.